The second-order valence-corrected chi connectivity index (χ2v) is 6.55. The molecule has 7 nitrogen and oxygen atoms in total. The summed E-state index contributed by atoms with van der Waals surface area (Å²) in [5.74, 6) is 0.292. The molecule has 0 atom stereocenters. The molecule has 0 spiro atoms. The third kappa shape index (κ3) is 7.26. The third-order valence-corrected chi connectivity index (χ3v) is 3.96. The van der Waals surface area contributed by atoms with Gasteiger partial charge in [-0.2, -0.15) is 13.2 Å². The normalized spacial score (nSPS) is 11.7. The molecule has 2 rings (SSSR count). The van der Waals surface area contributed by atoms with E-state index in [9.17, 15) is 18.0 Å². The van der Waals surface area contributed by atoms with Gasteiger partial charge in [0.2, 0.25) is 5.88 Å². The largest absolute Gasteiger partial charge is 0.468 e. The van der Waals surface area contributed by atoms with Gasteiger partial charge in [-0.1, -0.05) is 18.2 Å². The van der Waals surface area contributed by atoms with Crippen LogP contribution < -0.4 is 15.4 Å². The lowest BCUT2D eigenvalue weighted by Crippen LogP contribution is -2.36. The first-order valence-electron chi connectivity index (χ1n) is 9.08. The predicted octanol–water partition coefficient (Wildman–Crippen LogP) is 2.59. The van der Waals surface area contributed by atoms with Crippen LogP contribution in [0.2, 0.25) is 0 Å². The van der Waals surface area contributed by atoms with Gasteiger partial charge in [-0.3, -0.25) is 9.79 Å². The summed E-state index contributed by atoms with van der Waals surface area (Å²) in [4.78, 5) is 21.4. The molecular weight excluding hydrogens is 399 g/mol. The summed E-state index contributed by atoms with van der Waals surface area (Å²) in [5, 5.41) is 6.12. The second kappa shape index (κ2) is 10.5. The molecule has 0 fully saturated rings. The van der Waals surface area contributed by atoms with E-state index in [0.29, 0.717) is 23.6 Å². The van der Waals surface area contributed by atoms with Crippen LogP contribution in [0.3, 0.4) is 0 Å². The quantitative estimate of drug-likeness (QED) is 0.529. The van der Waals surface area contributed by atoms with Crippen molar-refractivity contribution in [1.82, 2.24) is 20.5 Å². The SMILES string of the molecule is CN=C(NCc1ccc(C(=O)N(C)C)cc1)NCc1cccnc1OCC(F)(F)F. The minimum absolute atomic E-state index is 0.0768. The number of aliphatic imine (C=N–C) groups is 1. The number of guanidine groups is 1. The van der Waals surface area contributed by atoms with Gasteiger partial charge >= 0.3 is 6.18 Å². The number of benzene rings is 1. The second-order valence-electron chi connectivity index (χ2n) is 6.55. The highest BCUT2D eigenvalue weighted by Gasteiger charge is 2.29. The maximum Gasteiger partial charge on any atom is 0.422 e. The Morgan fingerprint density at radius 2 is 1.80 bits per heavy atom. The van der Waals surface area contributed by atoms with Gasteiger partial charge in [0.25, 0.3) is 5.91 Å². The van der Waals surface area contributed by atoms with E-state index in [1.54, 1.807) is 45.4 Å². The minimum atomic E-state index is -4.44. The van der Waals surface area contributed by atoms with Crippen molar-refractivity contribution in [3.05, 3.63) is 59.3 Å². The lowest BCUT2D eigenvalue weighted by atomic mass is 10.1. The van der Waals surface area contributed by atoms with Crippen LogP contribution in [0.25, 0.3) is 0 Å². The van der Waals surface area contributed by atoms with E-state index in [2.05, 4.69) is 20.6 Å². The van der Waals surface area contributed by atoms with Crippen LogP contribution in [0.15, 0.2) is 47.6 Å². The average molecular weight is 423 g/mol. The molecule has 0 bridgehead atoms. The van der Waals surface area contributed by atoms with Crippen LogP contribution in [-0.2, 0) is 13.1 Å². The van der Waals surface area contributed by atoms with Gasteiger partial charge in [0.05, 0.1) is 0 Å². The Labute approximate surface area is 173 Å². The Morgan fingerprint density at radius 3 is 2.40 bits per heavy atom. The number of alkyl halides is 3. The maximum absolute atomic E-state index is 12.4. The van der Waals surface area contributed by atoms with Crippen molar-refractivity contribution in [2.24, 2.45) is 4.99 Å². The number of carbonyl (C=O) groups excluding carboxylic acids is 1. The minimum Gasteiger partial charge on any atom is -0.468 e. The van der Waals surface area contributed by atoms with Crippen molar-refractivity contribution in [2.75, 3.05) is 27.7 Å². The lowest BCUT2D eigenvalue weighted by molar-refractivity contribution is -0.154. The van der Waals surface area contributed by atoms with Crippen LogP contribution in [0.1, 0.15) is 21.5 Å². The molecule has 0 aliphatic carbocycles. The van der Waals surface area contributed by atoms with E-state index in [4.69, 9.17) is 4.74 Å². The number of halogens is 3. The van der Waals surface area contributed by atoms with E-state index in [0.717, 1.165) is 5.56 Å². The zero-order valence-electron chi connectivity index (χ0n) is 17.0. The summed E-state index contributed by atoms with van der Waals surface area (Å²) in [6.45, 7) is -0.784. The molecule has 1 heterocycles. The molecule has 10 heteroatoms. The smallest absolute Gasteiger partial charge is 0.422 e. The first-order chi connectivity index (χ1) is 14.2. The molecule has 0 unspecified atom stereocenters. The first kappa shape index (κ1) is 23.0. The Hall–Kier alpha value is -3.30. The van der Waals surface area contributed by atoms with Gasteiger partial charge in [0.1, 0.15) is 0 Å². The fourth-order valence-corrected chi connectivity index (χ4v) is 2.45. The molecule has 0 saturated carbocycles. The van der Waals surface area contributed by atoms with Crippen LogP contribution in [0.4, 0.5) is 13.2 Å². The Morgan fingerprint density at radius 1 is 1.13 bits per heavy atom. The number of amides is 1. The highest BCUT2D eigenvalue weighted by atomic mass is 19.4. The molecule has 0 aliphatic heterocycles. The molecular formula is C20H24F3N5O2. The summed E-state index contributed by atoms with van der Waals surface area (Å²) in [6, 6.07) is 10.4. The molecule has 2 aromatic rings. The van der Waals surface area contributed by atoms with Crippen molar-refractivity contribution in [3.8, 4) is 5.88 Å². The van der Waals surface area contributed by atoms with Gasteiger partial charge in [-0.25, -0.2) is 4.98 Å². The van der Waals surface area contributed by atoms with E-state index in [1.807, 2.05) is 12.1 Å². The number of aromatic nitrogens is 1. The van der Waals surface area contributed by atoms with E-state index in [1.165, 1.54) is 11.1 Å². The standard InChI is InChI=1S/C20H24F3N5O2/c1-24-19(26-11-14-6-8-15(9-7-14)18(29)28(2)3)27-12-16-5-4-10-25-17(16)30-13-20(21,22)23/h4-10H,11-13H2,1-3H3,(H2,24,26,27). The van der Waals surface area contributed by atoms with E-state index >= 15 is 0 Å². The highest BCUT2D eigenvalue weighted by molar-refractivity contribution is 5.93. The van der Waals surface area contributed by atoms with E-state index in [-0.39, 0.29) is 18.3 Å². The Kier molecular flexibility index (Phi) is 8.02. The van der Waals surface area contributed by atoms with Crippen LogP contribution in [0, 0.1) is 0 Å². The molecule has 1 amide bonds. The number of carbonyl (C=O) groups is 1. The molecule has 2 N–H and O–H groups in total. The van der Waals surface area contributed by atoms with Crippen molar-refractivity contribution >= 4 is 11.9 Å². The average Bonchev–Trinajstić information content (AvgIpc) is 2.72. The zero-order chi connectivity index (χ0) is 22.1. The zero-order valence-corrected chi connectivity index (χ0v) is 17.0. The van der Waals surface area contributed by atoms with Gasteiger partial charge in [-0.05, 0) is 23.8 Å². The number of rotatable bonds is 7. The third-order valence-electron chi connectivity index (χ3n) is 3.96. The maximum atomic E-state index is 12.4. The fourth-order valence-electron chi connectivity index (χ4n) is 2.45. The number of pyridine rings is 1. The van der Waals surface area contributed by atoms with Crippen LogP contribution in [0.5, 0.6) is 5.88 Å². The molecule has 0 radical (unpaired) electrons. The van der Waals surface area contributed by atoms with Gasteiger partial charge < -0.3 is 20.3 Å². The van der Waals surface area contributed by atoms with Gasteiger partial charge in [0, 0.05) is 51.6 Å². The predicted molar refractivity (Wildman–Crippen MR) is 107 cm³/mol. The molecule has 0 saturated heterocycles. The Balaban J connectivity index is 1.91. The van der Waals surface area contributed by atoms with Crippen molar-refractivity contribution in [1.29, 1.82) is 0 Å². The highest BCUT2D eigenvalue weighted by Crippen LogP contribution is 2.19. The summed E-state index contributed by atoms with van der Waals surface area (Å²) in [7, 11) is 4.96. The van der Waals surface area contributed by atoms with Crippen molar-refractivity contribution < 1.29 is 22.7 Å². The molecule has 162 valence electrons. The number of nitrogens with one attached hydrogen (secondary N) is 2. The van der Waals surface area contributed by atoms with Crippen molar-refractivity contribution in [2.45, 2.75) is 19.3 Å². The fraction of sp³-hybridized carbons (Fsp3) is 0.350. The first-order valence-corrected chi connectivity index (χ1v) is 9.08. The van der Waals surface area contributed by atoms with Crippen LogP contribution in [-0.4, -0.2) is 55.7 Å². The summed E-state index contributed by atoms with van der Waals surface area (Å²) in [5.41, 5.74) is 1.99. The van der Waals surface area contributed by atoms with Gasteiger partial charge in [0.15, 0.2) is 12.6 Å². The number of nitrogens with zero attached hydrogens (tertiary/aromatic N) is 3. The van der Waals surface area contributed by atoms with Gasteiger partial charge in [-0.15, -0.1) is 0 Å². The topological polar surface area (TPSA) is 78.9 Å². The number of hydrogen-bond acceptors (Lipinski definition) is 4. The van der Waals surface area contributed by atoms with Crippen LogP contribution >= 0.6 is 0 Å². The van der Waals surface area contributed by atoms with E-state index < -0.39 is 12.8 Å². The summed E-state index contributed by atoms with van der Waals surface area (Å²) >= 11 is 0. The molecule has 0 aliphatic rings. The number of hydrogen-bond donors (Lipinski definition) is 2. The summed E-state index contributed by atoms with van der Waals surface area (Å²) < 4.78 is 42.0. The molecule has 1 aromatic heterocycles. The molecule has 1 aromatic carbocycles. The lowest BCUT2D eigenvalue weighted by Gasteiger charge is -2.15. The Bertz CT molecular complexity index is 867. The van der Waals surface area contributed by atoms with Crippen molar-refractivity contribution in [3.63, 3.8) is 0 Å². The monoisotopic (exact) mass is 423 g/mol. The molecule has 30 heavy (non-hydrogen) atoms. The summed E-state index contributed by atoms with van der Waals surface area (Å²) in [6.07, 6.45) is -3.07. The number of ether oxygens (including phenoxy) is 1.